The first-order valence-electron chi connectivity index (χ1n) is 15.4. The van der Waals surface area contributed by atoms with Crippen molar-refractivity contribution < 1.29 is 0 Å². The molecule has 0 saturated carbocycles. The SMILES string of the molecule is Cc1ccc(-c2nnc3c4ccccc4c(-c4ccc5c(c4)C(c4ccccc4)(c4ccccc4)c4ccccc4-5)cn23)cc1. The van der Waals surface area contributed by atoms with Gasteiger partial charge in [0.2, 0.25) is 0 Å². The molecule has 0 saturated heterocycles. The monoisotopic (exact) mass is 575 g/mol. The van der Waals surface area contributed by atoms with Crippen molar-refractivity contribution in [3.05, 3.63) is 186 Å². The molecule has 0 radical (unpaired) electrons. The van der Waals surface area contributed by atoms with Crippen molar-refractivity contribution in [2.75, 3.05) is 0 Å². The van der Waals surface area contributed by atoms with Crippen LogP contribution in [0, 0.1) is 6.92 Å². The zero-order valence-electron chi connectivity index (χ0n) is 24.9. The molecule has 0 spiro atoms. The van der Waals surface area contributed by atoms with Crippen molar-refractivity contribution in [2.24, 2.45) is 0 Å². The third-order valence-corrected chi connectivity index (χ3v) is 9.49. The van der Waals surface area contributed by atoms with E-state index in [9.17, 15) is 0 Å². The first-order chi connectivity index (χ1) is 22.2. The molecule has 0 fully saturated rings. The van der Waals surface area contributed by atoms with Gasteiger partial charge in [-0.25, -0.2) is 0 Å². The minimum Gasteiger partial charge on any atom is -0.281 e. The molecule has 0 unspecified atom stereocenters. The molecule has 1 aliphatic carbocycles. The molecule has 3 heteroatoms. The van der Waals surface area contributed by atoms with Crippen LogP contribution in [0.5, 0.6) is 0 Å². The first kappa shape index (κ1) is 25.7. The van der Waals surface area contributed by atoms with Gasteiger partial charge in [-0.05, 0) is 57.3 Å². The van der Waals surface area contributed by atoms with Crippen LogP contribution in [0.2, 0.25) is 0 Å². The number of hydrogen-bond donors (Lipinski definition) is 0. The van der Waals surface area contributed by atoms with Crippen LogP contribution in [-0.4, -0.2) is 14.6 Å². The van der Waals surface area contributed by atoms with E-state index in [1.165, 1.54) is 44.5 Å². The molecule has 0 amide bonds. The summed E-state index contributed by atoms with van der Waals surface area (Å²) in [6.45, 7) is 2.11. The maximum Gasteiger partial charge on any atom is 0.169 e. The van der Waals surface area contributed by atoms with Gasteiger partial charge in [-0.2, -0.15) is 0 Å². The summed E-state index contributed by atoms with van der Waals surface area (Å²) in [7, 11) is 0. The van der Waals surface area contributed by atoms with Gasteiger partial charge >= 0.3 is 0 Å². The third-order valence-electron chi connectivity index (χ3n) is 9.49. The Bertz CT molecular complexity index is 2330. The molecule has 212 valence electrons. The Morgan fingerprint density at radius 1 is 0.489 bits per heavy atom. The van der Waals surface area contributed by atoms with E-state index in [-0.39, 0.29) is 0 Å². The number of nitrogens with zero attached hydrogens (tertiary/aromatic N) is 3. The van der Waals surface area contributed by atoms with Gasteiger partial charge in [-0.15, -0.1) is 10.2 Å². The highest BCUT2D eigenvalue weighted by molar-refractivity contribution is 6.04. The molecule has 0 atom stereocenters. The van der Waals surface area contributed by atoms with Gasteiger partial charge in [0.1, 0.15) is 0 Å². The second kappa shape index (κ2) is 9.87. The summed E-state index contributed by atoms with van der Waals surface area (Å²) < 4.78 is 2.16. The number of rotatable bonds is 4. The second-order valence-corrected chi connectivity index (χ2v) is 12.0. The Hall–Kier alpha value is -5.80. The molecule has 0 bridgehead atoms. The summed E-state index contributed by atoms with van der Waals surface area (Å²) in [5.41, 5.74) is 12.7. The molecular weight excluding hydrogens is 546 g/mol. The summed E-state index contributed by atoms with van der Waals surface area (Å²) >= 11 is 0. The molecular formula is C42H29N3. The Kier molecular flexibility index (Phi) is 5.63. The molecule has 9 rings (SSSR count). The summed E-state index contributed by atoms with van der Waals surface area (Å²) in [6.07, 6.45) is 2.23. The molecule has 2 aromatic heterocycles. The van der Waals surface area contributed by atoms with Crippen LogP contribution in [0.25, 0.3) is 50.1 Å². The first-order valence-corrected chi connectivity index (χ1v) is 15.4. The van der Waals surface area contributed by atoms with Crippen LogP contribution < -0.4 is 0 Å². The van der Waals surface area contributed by atoms with Gasteiger partial charge in [0.05, 0.1) is 5.41 Å². The number of benzene rings is 6. The van der Waals surface area contributed by atoms with Crippen LogP contribution in [-0.2, 0) is 5.41 Å². The van der Waals surface area contributed by atoms with E-state index < -0.39 is 5.41 Å². The Morgan fingerprint density at radius 3 is 1.82 bits per heavy atom. The lowest BCUT2D eigenvalue weighted by atomic mass is 9.67. The highest BCUT2D eigenvalue weighted by Crippen LogP contribution is 2.56. The molecule has 6 aromatic carbocycles. The zero-order chi connectivity index (χ0) is 30.0. The van der Waals surface area contributed by atoms with Crippen LogP contribution in [0.1, 0.15) is 27.8 Å². The normalized spacial score (nSPS) is 13.2. The van der Waals surface area contributed by atoms with E-state index in [4.69, 9.17) is 0 Å². The van der Waals surface area contributed by atoms with E-state index in [1.807, 2.05) is 0 Å². The lowest BCUT2D eigenvalue weighted by Gasteiger charge is -2.34. The molecule has 0 aliphatic heterocycles. The van der Waals surface area contributed by atoms with Gasteiger partial charge in [0.25, 0.3) is 0 Å². The van der Waals surface area contributed by atoms with E-state index in [1.54, 1.807) is 0 Å². The van der Waals surface area contributed by atoms with Gasteiger partial charge < -0.3 is 0 Å². The van der Waals surface area contributed by atoms with Crippen LogP contribution in [0.4, 0.5) is 0 Å². The predicted octanol–water partition coefficient (Wildman–Crippen LogP) is 9.89. The number of aromatic nitrogens is 3. The highest BCUT2D eigenvalue weighted by Gasteiger charge is 2.46. The average molecular weight is 576 g/mol. The van der Waals surface area contributed by atoms with Crippen LogP contribution in [0.15, 0.2) is 158 Å². The highest BCUT2D eigenvalue weighted by atomic mass is 15.2. The predicted molar refractivity (Wildman–Crippen MR) is 183 cm³/mol. The lowest BCUT2D eigenvalue weighted by molar-refractivity contribution is 0.769. The second-order valence-electron chi connectivity index (χ2n) is 12.0. The standard InChI is InChI=1S/C42H29N3/c1-28-20-22-29(23-21-28)40-43-44-41-36-18-9-8-16-33(36)37(27-45(40)41)30-24-25-35-34-17-10-11-19-38(34)42(39(35)26-30,31-12-4-2-5-13-31)32-14-6-3-7-15-32/h2-27H,1H3. The fourth-order valence-corrected chi connectivity index (χ4v) is 7.45. The summed E-state index contributed by atoms with van der Waals surface area (Å²) in [5.74, 6) is 0.841. The van der Waals surface area contributed by atoms with Crippen molar-refractivity contribution in [2.45, 2.75) is 12.3 Å². The molecule has 3 nitrogen and oxygen atoms in total. The molecule has 2 heterocycles. The zero-order valence-corrected chi connectivity index (χ0v) is 24.9. The number of aryl methyl sites for hydroxylation is 1. The molecule has 45 heavy (non-hydrogen) atoms. The van der Waals surface area contributed by atoms with Crippen molar-refractivity contribution in [3.63, 3.8) is 0 Å². The lowest BCUT2D eigenvalue weighted by Crippen LogP contribution is -2.28. The Balaban J connectivity index is 1.35. The fourth-order valence-electron chi connectivity index (χ4n) is 7.45. The third kappa shape index (κ3) is 3.71. The maximum atomic E-state index is 4.68. The average Bonchev–Trinajstić information content (AvgIpc) is 3.67. The minimum absolute atomic E-state index is 0.450. The molecule has 8 aromatic rings. The summed E-state index contributed by atoms with van der Waals surface area (Å²) in [6, 6.07) is 54.9. The number of hydrogen-bond acceptors (Lipinski definition) is 2. The number of fused-ring (bicyclic) bond motifs is 6. The largest absolute Gasteiger partial charge is 0.281 e. The van der Waals surface area contributed by atoms with E-state index in [0.717, 1.165) is 33.4 Å². The summed E-state index contributed by atoms with van der Waals surface area (Å²) in [5, 5.41) is 11.6. The van der Waals surface area contributed by atoms with Crippen molar-refractivity contribution in [3.8, 4) is 33.6 Å². The molecule has 1 aliphatic rings. The topological polar surface area (TPSA) is 30.2 Å². The van der Waals surface area contributed by atoms with Gasteiger partial charge in [0, 0.05) is 22.7 Å². The van der Waals surface area contributed by atoms with Gasteiger partial charge in [0.15, 0.2) is 11.5 Å². The van der Waals surface area contributed by atoms with Gasteiger partial charge in [-0.3, -0.25) is 4.40 Å². The Labute approximate surface area is 262 Å². The van der Waals surface area contributed by atoms with E-state index in [0.29, 0.717) is 0 Å². The Morgan fingerprint density at radius 2 is 1.09 bits per heavy atom. The van der Waals surface area contributed by atoms with E-state index >= 15 is 0 Å². The van der Waals surface area contributed by atoms with Crippen molar-refractivity contribution in [1.29, 1.82) is 0 Å². The quantitative estimate of drug-likeness (QED) is 0.209. The summed E-state index contributed by atoms with van der Waals surface area (Å²) in [4.78, 5) is 0. The van der Waals surface area contributed by atoms with Crippen LogP contribution in [0.3, 0.4) is 0 Å². The van der Waals surface area contributed by atoms with Crippen molar-refractivity contribution >= 4 is 16.4 Å². The smallest absolute Gasteiger partial charge is 0.169 e. The van der Waals surface area contributed by atoms with Crippen molar-refractivity contribution in [1.82, 2.24) is 14.6 Å². The minimum atomic E-state index is -0.450. The van der Waals surface area contributed by atoms with Gasteiger partial charge in [-0.1, -0.05) is 151 Å². The molecule has 0 N–H and O–H groups in total. The fraction of sp³-hybridized carbons (Fsp3) is 0.0476. The van der Waals surface area contributed by atoms with E-state index in [2.05, 4.69) is 179 Å². The number of pyridine rings is 1. The maximum absolute atomic E-state index is 4.68. The van der Waals surface area contributed by atoms with Crippen LogP contribution >= 0.6 is 0 Å².